The number of nitrogens with zero attached hydrogens (tertiary/aromatic N) is 1. The van der Waals surface area contributed by atoms with Crippen LogP contribution in [0.1, 0.15) is 22.8 Å². The van der Waals surface area contributed by atoms with Crippen molar-refractivity contribution in [3.8, 4) is 0 Å². The van der Waals surface area contributed by atoms with E-state index < -0.39 is 21.8 Å². The van der Waals surface area contributed by atoms with Gasteiger partial charge in [-0.05, 0) is 23.8 Å². The number of nitrogens with one attached hydrogen (secondary N) is 1. The third-order valence-electron chi connectivity index (χ3n) is 4.09. The van der Waals surface area contributed by atoms with E-state index >= 15 is 0 Å². The van der Waals surface area contributed by atoms with Crippen LogP contribution < -0.4 is 9.62 Å². The number of amides is 2. The number of carbonyl (C=O) groups is 2. The molecule has 1 heterocycles. The van der Waals surface area contributed by atoms with Crippen molar-refractivity contribution in [1.29, 1.82) is 0 Å². The van der Waals surface area contributed by atoms with Crippen LogP contribution in [0.25, 0.3) is 0 Å². The molecule has 0 aliphatic carbocycles. The summed E-state index contributed by atoms with van der Waals surface area (Å²) in [5.41, 5.74) is 1.30. The van der Waals surface area contributed by atoms with Gasteiger partial charge in [-0.2, -0.15) is 0 Å². The Kier molecular flexibility index (Phi) is 5.02. The maximum absolute atomic E-state index is 12.3. The van der Waals surface area contributed by atoms with E-state index in [9.17, 15) is 18.0 Å². The van der Waals surface area contributed by atoms with Crippen LogP contribution >= 0.6 is 11.6 Å². The summed E-state index contributed by atoms with van der Waals surface area (Å²) >= 11 is 6.17. The molecule has 136 valence electrons. The number of hydrogen-bond donors (Lipinski definition) is 1. The van der Waals surface area contributed by atoms with E-state index in [-0.39, 0.29) is 27.9 Å². The van der Waals surface area contributed by atoms with Gasteiger partial charge in [0.25, 0.3) is 5.91 Å². The summed E-state index contributed by atoms with van der Waals surface area (Å²) < 4.78 is 25.1. The molecule has 1 aliphatic rings. The highest BCUT2D eigenvalue weighted by Gasteiger charge is 2.42. The summed E-state index contributed by atoms with van der Waals surface area (Å²) in [6.07, 6.45) is 0. The molecule has 1 saturated heterocycles. The highest BCUT2D eigenvalue weighted by atomic mass is 35.5. The minimum Gasteiger partial charge on any atom is -0.348 e. The van der Waals surface area contributed by atoms with Crippen LogP contribution in [-0.2, 0) is 21.4 Å². The summed E-state index contributed by atoms with van der Waals surface area (Å²) in [6, 6.07) is 13.6. The van der Waals surface area contributed by atoms with E-state index in [2.05, 4.69) is 5.32 Å². The van der Waals surface area contributed by atoms with Crippen molar-refractivity contribution in [3.05, 3.63) is 64.7 Å². The molecule has 6 nitrogen and oxygen atoms in total. The number of hydrogen-bond acceptors (Lipinski definition) is 4. The average Bonchev–Trinajstić information content (AvgIpc) is 2.80. The van der Waals surface area contributed by atoms with Gasteiger partial charge in [-0.1, -0.05) is 48.9 Å². The maximum Gasteiger partial charge on any atom is 0.253 e. The first kappa shape index (κ1) is 18.4. The Morgan fingerprint density at radius 2 is 1.92 bits per heavy atom. The van der Waals surface area contributed by atoms with E-state index in [4.69, 9.17) is 11.6 Å². The fourth-order valence-corrected chi connectivity index (χ4v) is 4.85. The van der Waals surface area contributed by atoms with Gasteiger partial charge in [0.15, 0.2) is 0 Å². The van der Waals surface area contributed by atoms with Crippen molar-refractivity contribution >= 4 is 39.1 Å². The summed E-state index contributed by atoms with van der Waals surface area (Å²) in [4.78, 5) is 24.5. The van der Waals surface area contributed by atoms with Crippen LogP contribution in [0.15, 0.2) is 48.5 Å². The summed E-state index contributed by atoms with van der Waals surface area (Å²) in [7, 11) is -3.71. The molecule has 8 heteroatoms. The van der Waals surface area contributed by atoms with Gasteiger partial charge in [0.2, 0.25) is 15.9 Å². The minimum atomic E-state index is -3.71. The second-order valence-corrected chi connectivity index (χ2v) is 8.38. The average molecular weight is 393 g/mol. The van der Waals surface area contributed by atoms with Gasteiger partial charge in [0, 0.05) is 6.54 Å². The molecule has 0 aromatic heterocycles. The molecule has 0 spiro atoms. The topological polar surface area (TPSA) is 83.6 Å². The van der Waals surface area contributed by atoms with Gasteiger partial charge in [-0.25, -0.2) is 12.7 Å². The predicted molar refractivity (Wildman–Crippen MR) is 99.5 cm³/mol. The first-order valence-electron chi connectivity index (χ1n) is 7.98. The second-order valence-electron chi connectivity index (χ2n) is 6.11. The fraction of sp³-hybridized carbons (Fsp3) is 0.222. The smallest absolute Gasteiger partial charge is 0.253 e. The number of benzene rings is 2. The number of anilines is 1. The van der Waals surface area contributed by atoms with Crippen molar-refractivity contribution < 1.29 is 18.0 Å². The fourth-order valence-electron chi connectivity index (χ4n) is 2.77. The lowest BCUT2D eigenvalue weighted by molar-refractivity contribution is -0.119. The molecular weight excluding hydrogens is 376 g/mol. The Hall–Kier alpha value is -2.38. The molecule has 2 amide bonds. The Balaban J connectivity index is 1.79. The lowest BCUT2D eigenvalue weighted by atomic mass is 10.1. The van der Waals surface area contributed by atoms with E-state index in [1.54, 1.807) is 6.92 Å². The standard InChI is InChI=1S/C18H17ClN2O4S/c1-12-11-26(24,25)21(18(12)23)14-7-8-15(16(19)9-14)17(22)20-10-13-5-3-2-4-6-13/h2-9,12H,10-11H2,1H3,(H,20,22). The lowest BCUT2D eigenvalue weighted by Gasteiger charge is -2.16. The molecule has 2 aromatic rings. The zero-order valence-corrected chi connectivity index (χ0v) is 15.5. The molecular formula is C18H17ClN2O4S. The zero-order valence-electron chi connectivity index (χ0n) is 14.0. The molecule has 1 aliphatic heterocycles. The zero-order chi connectivity index (χ0) is 18.9. The largest absolute Gasteiger partial charge is 0.348 e. The van der Waals surface area contributed by atoms with Crippen LogP contribution in [0.4, 0.5) is 5.69 Å². The van der Waals surface area contributed by atoms with Crippen LogP contribution in [-0.4, -0.2) is 26.0 Å². The summed E-state index contributed by atoms with van der Waals surface area (Å²) in [6.45, 7) is 1.90. The monoisotopic (exact) mass is 392 g/mol. The highest BCUT2D eigenvalue weighted by molar-refractivity contribution is 7.94. The quantitative estimate of drug-likeness (QED) is 0.866. The molecule has 0 saturated carbocycles. The van der Waals surface area contributed by atoms with Crippen molar-refractivity contribution in [1.82, 2.24) is 5.32 Å². The first-order valence-corrected chi connectivity index (χ1v) is 9.97. The normalized spacial score (nSPS) is 18.8. The molecule has 1 fully saturated rings. The third-order valence-corrected chi connectivity index (χ3v) is 6.27. The van der Waals surface area contributed by atoms with E-state index in [0.29, 0.717) is 6.54 Å². The van der Waals surface area contributed by atoms with Gasteiger partial charge >= 0.3 is 0 Å². The molecule has 1 N–H and O–H groups in total. The molecule has 26 heavy (non-hydrogen) atoms. The van der Waals surface area contributed by atoms with Crippen molar-refractivity contribution in [3.63, 3.8) is 0 Å². The minimum absolute atomic E-state index is 0.0793. The van der Waals surface area contributed by atoms with Gasteiger partial charge in [0.05, 0.1) is 27.9 Å². The van der Waals surface area contributed by atoms with Gasteiger partial charge in [0.1, 0.15) is 0 Å². The van der Waals surface area contributed by atoms with Gasteiger partial charge < -0.3 is 5.32 Å². The highest BCUT2D eigenvalue weighted by Crippen LogP contribution is 2.31. The van der Waals surface area contributed by atoms with Crippen LogP contribution in [0, 0.1) is 5.92 Å². The Labute approximate surface area is 156 Å². The van der Waals surface area contributed by atoms with Crippen molar-refractivity contribution in [2.24, 2.45) is 5.92 Å². The second kappa shape index (κ2) is 7.09. The van der Waals surface area contributed by atoms with Crippen LogP contribution in [0.5, 0.6) is 0 Å². The van der Waals surface area contributed by atoms with E-state index in [0.717, 1.165) is 9.87 Å². The van der Waals surface area contributed by atoms with E-state index in [1.807, 2.05) is 30.3 Å². The maximum atomic E-state index is 12.3. The summed E-state index contributed by atoms with van der Waals surface area (Å²) in [5, 5.41) is 2.83. The van der Waals surface area contributed by atoms with Crippen molar-refractivity contribution in [2.45, 2.75) is 13.5 Å². The molecule has 0 radical (unpaired) electrons. The SMILES string of the molecule is CC1CS(=O)(=O)N(c2ccc(C(=O)NCc3ccccc3)c(Cl)c2)C1=O. The predicted octanol–water partition coefficient (Wildman–Crippen LogP) is 2.58. The van der Waals surface area contributed by atoms with Gasteiger partial charge in [-0.3, -0.25) is 9.59 Å². The van der Waals surface area contributed by atoms with Crippen molar-refractivity contribution in [2.75, 3.05) is 10.1 Å². The van der Waals surface area contributed by atoms with E-state index in [1.165, 1.54) is 18.2 Å². The third kappa shape index (κ3) is 3.59. The Morgan fingerprint density at radius 1 is 1.23 bits per heavy atom. The Bertz CT molecular complexity index is 960. The lowest BCUT2D eigenvalue weighted by Crippen LogP contribution is -2.30. The molecule has 2 aromatic carbocycles. The van der Waals surface area contributed by atoms with Crippen LogP contribution in [0.2, 0.25) is 5.02 Å². The number of sulfonamides is 1. The van der Waals surface area contributed by atoms with Gasteiger partial charge in [-0.15, -0.1) is 0 Å². The molecule has 1 atom stereocenters. The molecule has 0 bridgehead atoms. The number of halogens is 1. The Morgan fingerprint density at radius 3 is 2.50 bits per heavy atom. The first-order chi connectivity index (χ1) is 12.3. The molecule has 3 rings (SSSR count). The van der Waals surface area contributed by atoms with Crippen LogP contribution in [0.3, 0.4) is 0 Å². The number of rotatable bonds is 4. The summed E-state index contributed by atoms with van der Waals surface area (Å²) in [5.74, 6) is -1.72. The molecule has 1 unspecified atom stereocenters. The number of carbonyl (C=O) groups excluding carboxylic acids is 2.